The molecular weight excluding hydrogens is 646 g/mol. The van der Waals surface area contributed by atoms with Crippen molar-refractivity contribution >= 4 is 35.3 Å². The lowest BCUT2D eigenvalue weighted by atomic mass is 9.10. The largest absolute Gasteiger partial charge is 0.214 e. The molecule has 0 amide bonds. The zero-order chi connectivity index (χ0) is 33.5. The molecule has 54 heavy (non-hydrogen) atoms. The van der Waals surface area contributed by atoms with Gasteiger partial charge in [0.1, 0.15) is 0 Å². The monoisotopic (exact) mass is 680 g/mol. The summed E-state index contributed by atoms with van der Waals surface area (Å²) in [6, 6.07) is 31.5. The molecule has 13 aliphatic rings. The second kappa shape index (κ2) is 7.40. The molecular formula is C52H34B2. The van der Waals surface area contributed by atoms with Gasteiger partial charge < -0.3 is 0 Å². The molecule has 6 aromatic carbocycles. The van der Waals surface area contributed by atoms with Gasteiger partial charge >= 0.3 is 0 Å². The SMILES string of the molecule is c1cc2c3c4c1Cc1ccc5c6c1B4[C@H]1[C@H]4C3c3c(ccc7c3[C@H]3c8c(ccc9c8B8c%10c(ccc%11c%10[C@H]%10c%12c(ccc(c%12C6[C@@H]1[C@H]%10[C@H]8C34)C5)C%11)C9)C7)C2. The Morgan fingerprint density at radius 3 is 0.722 bits per heavy atom. The maximum Gasteiger partial charge on any atom is 0.214 e. The van der Waals surface area contributed by atoms with Gasteiger partial charge in [-0.05, 0) is 185 Å². The summed E-state index contributed by atoms with van der Waals surface area (Å²) in [5.74, 6) is 6.74. The van der Waals surface area contributed by atoms with Gasteiger partial charge in [-0.3, -0.25) is 0 Å². The molecule has 1 saturated carbocycles. The molecule has 248 valence electrons. The normalized spacial score (nSPS) is 33.8. The lowest BCUT2D eigenvalue weighted by Crippen LogP contribution is -2.76. The zero-order valence-electron chi connectivity index (χ0n) is 30.1. The highest BCUT2D eigenvalue weighted by molar-refractivity contribution is 6.90. The van der Waals surface area contributed by atoms with Gasteiger partial charge in [0, 0.05) is 23.7 Å². The molecule has 10 atom stereocenters. The van der Waals surface area contributed by atoms with Crippen LogP contribution in [0, 0.1) is 23.7 Å². The predicted octanol–water partition coefficient (Wildman–Crippen LogP) is 6.46. The maximum atomic E-state index is 2.63. The fourth-order valence-electron chi connectivity index (χ4n) is 19.2. The van der Waals surface area contributed by atoms with E-state index in [-0.39, 0.29) is 0 Å². The number of rotatable bonds is 0. The van der Waals surface area contributed by atoms with E-state index < -0.39 is 0 Å². The Balaban J connectivity index is 1.08. The van der Waals surface area contributed by atoms with Crippen molar-refractivity contribution in [3.05, 3.63) is 184 Å². The van der Waals surface area contributed by atoms with E-state index in [1.165, 1.54) is 0 Å². The third kappa shape index (κ3) is 2.17. The molecule has 7 aliphatic carbocycles. The van der Waals surface area contributed by atoms with Gasteiger partial charge in [-0.2, -0.15) is 0 Å². The molecule has 19 rings (SSSR count). The van der Waals surface area contributed by atoms with Crippen molar-refractivity contribution in [1.82, 2.24) is 0 Å². The second-order valence-corrected chi connectivity index (χ2v) is 20.7. The van der Waals surface area contributed by atoms with Crippen LogP contribution in [0.1, 0.15) is 135 Å². The minimum atomic E-state index is 0.590. The van der Waals surface area contributed by atoms with Crippen molar-refractivity contribution in [1.29, 1.82) is 0 Å². The average molecular weight is 680 g/mol. The van der Waals surface area contributed by atoms with Crippen LogP contribution in [0.15, 0.2) is 72.8 Å². The summed E-state index contributed by atoms with van der Waals surface area (Å²) >= 11 is 0. The molecule has 0 spiro atoms. The van der Waals surface area contributed by atoms with E-state index in [1.54, 1.807) is 66.8 Å². The van der Waals surface area contributed by atoms with E-state index in [1.807, 2.05) is 66.4 Å². The summed E-state index contributed by atoms with van der Waals surface area (Å²) in [6.45, 7) is 1.18. The highest BCUT2D eigenvalue weighted by Crippen LogP contribution is 2.79. The fourth-order valence-corrected chi connectivity index (χ4v) is 19.2. The summed E-state index contributed by atoms with van der Waals surface area (Å²) < 4.78 is 0. The Kier molecular flexibility index (Phi) is 3.49. The van der Waals surface area contributed by atoms with Gasteiger partial charge in [-0.15, -0.1) is 0 Å². The summed E-state index contributed by atoms with van der Waals surface area (Å²) in [6.07, 6.45) is 6.86. The van der Waals surface area contributed by atoms with Gasteiger partial charge in [-0.25, -0.2) is 0 Å². The Morgan fingerprint density at radius 2 is 0.463 bits per heavy atom. The molecule has 0 aromatic heterocycles. The van der Waals surface area contributed by atoms with E-state index in [9.17, 15) is 0 Å². The molecule has 0 radical (unpaired) electrons. The average Bonchev–Trinajstić information content (AvgIpc) is 3.21. The lowest BCUT2D eigenvalue weighted by molar-refractivity contribution is 0.0454. The Labute approximate surface area is 315 Å². The molecule has 0 saturated heterocycles. The first-order valence-electron chi connectivity index (χ1n) is 21.7. The Bertz CT molecular complexity index is 2380. The van der Waals surface area contributed by atoms with Crippen LogP contribution in [-0.2, 0) is 38.5 Å². The number of hydrogen-bond donors (Lipinski definition) is 0. The second-order valence-electron chi connectivity index (χ2n) is 20.7. The topological polar surface area (TPSA) is 0 Å². The van der Waals surface area contributed by atoms with Crippen molar-refractivity contribution in [2.24, 2.45) is 23.7 Å². The first-order valence-corrected chi connectivity index (χ1v) is 21.7. The van der Waals surface area contributed by atoms with Crippen LogP contribution < -0.4 is 21.9 Å². The molecule has 1 fully saturated rings. The van der Waals surface area contributed by atoms with E-state index >= 15 is 0 Å². The van der Waals surface area contributed by atoms with Crippen LogP contribution in [-0.4, -0.2) is 13.4 Å². The quantitative estimate of drug-likeness (QED) is 0.162. The Hall–Kier alpha value is -4.55. The van der Waals surface area contributed by atoms with E-state index in [4.69, 9.17) is 0 Å². The third-order valence-corrected chi connectivity index (χ3v) is 19.8. The highest BCUT2D eigenvalue weighted by atomic mass is 14.7. The molecule has 0 nitrogen and oxygen atoms in total. The van der Waals surface area contributed by atoms with Crippen LogP contribution >= 0.6 is 0 Å². The Morgan fingerprint density at radius 1 is 0.259 bits per heavy atom. The van der Waals surface area contributed by atoms with Gasteiger partial charge in [0.05, 0.1) is 0 Å². The summed E-state index contributed by atoms with van der Waals surface area (Å²) in [7, 11) is 0. The molecule has 2 heteroatoms. The third-order valence-electron chi connectivity index (χ3n) is 19.8. The number of benzene rings is 6. The summed E-state index contributed by atoms with van der Waals surface area (Å²) in [5, 5.41) is 0. The van der Waals surface area contributed by atoms with Crippen molar-refractivity contribution in [3.63, 3.8) is 0 Å². The lowest BCUT2D eigenvalue weighted by Gasteiger charge is -2.73. The predicted molar refractivity (Wildman–Crippen MR) is 214 cm³/mol. The van der Waals surface area contributed by atoms with Crippen LogP contribution in [0.2, 0.25) is 11.6 Å². The van der Waals surface area contributed by atoms with Crippen LogP contribution in [0.4, 0.5) is 0 Å². The van der Waals surface area contributed by atoms with Gasteiger partial charge in [0.25, 0.3) is 0 Å². The van der Waals surface area contributed by atoms with Crippen LogP contribution in [0.25, 0.3) is 0 Å². The van der Waals surface area contributed by atoms with E-state index in [0.717, 1.165) is 73.8 Å². The molecule has 0 bridgehead atoms. The summed E-state index contributed by atoms with van der Waals surface area (Å²) in [5.41, 5.74) is 42.7. The van der Waals surface area contributed by atoms with Crippen molar-refractivity contribution < 1.29 is 0 Å². The standard InChI is InChI=1S/C52H34B2/c1-2-20-14-24-6-10-28-18-30-12-8-26-16-22-4-3-21-15-25-7-11-29-17-27-9-5-23-13-19(1)31-32(20)40-36(24)48(28)54-50(30)38(26)42-34(22)33(21)41-37(25)49(29)53-47(27)35(23)39(31)43-44(40)52(54)46(42)45(41)51(43)53/h1-12,39-46,51-52H,13-18H2/t39-,40?,41+,42?,43+,44-,45?,46+,51+,52-/m1/s1. The highest BCUT2D eigenvalue weighted by Gasteiger charge is 2.75. The van der Waals surface area contributed by atoms with Crippen molar-refractivity contribution in [2.45, 2.75) is 73.8 Å². The zero-order valence-corrected chi connectivity index (χ0v) is 30.1. The molecule has 6 aromatic rings. The van der Waals surface area contributed by atoms with Gasteiger partial charge in [-0.1, -0.05) is 94.6 Å². The van der Waals surface area contributed by atoms with Crippen LogP contribution in [0.3, 0.4) is 0 Å². The minimum Gasteiger partial charge on any atom is -0.0663 e. The molecule has 6 aliphatic heterocycles. The van der Waals surface area contributed by atoms with Gasteiger partial charge in [0.15, 0.2) is 0 Å². The van der Waals surface area contributed by atoms with Crippen molar-refractivity contribution in [3.8, 4) is 0 Å². The minimum absolute atomic E-state index is 0.590. The fraction of sp³-hybridized carbons (Fsp3) is 0.308. The van der Waals surface area contributed by atoms with Crippen LogP contribution in [0.5, 0.6) is 0 Å². The van der Waals surface area contributed by atoms with E-state index in [2.05, 4.69) is 72.8 Å². The van der Waals surface area contributed by atoms with E-state index in [0.29, 0.717) is 37.1 Å². The van der Waals surface area contributed by atoms with Crippen molar-refractivity contribution in [2.75, 3.05) is 0 Å². The maximum absolute atomic E-state index is 2.63. The molecule has 0 N–H and O–H groups in total. The van der Waals surface area contributed by atoms with Gasteiger partial charge in [0.2, 0.25) is 13.4 Å². The number of hydrogen-bond acceptors (Lipinski definition) is 0. The smallest absolute Gasteiger partial charge is 0.0663 e. The first-order chi connectivity index (χ1) is 26.8. The molecule has 3 unspecified atom stereocenters. The first kappa shape index (κ1) is 25.5. The summed E-state index contributed by atoms with van der Waals surface area (Å²) in [4.78, 5) is 0. The molecule has 6 heterocycles.